The molecule has 2 aromatic carbocycles. The lowest BCUT2D eigenvalue weighted by Gasteiger charge is -2.26. The Morgan fingerprint density at radius 1 is 1.00 bits per heavy atom. The molecule has 0 aliphatic carbocycles. The number of benzene rings is 2. The zero-order valence-corrected chi connectivity index (χ0v) is 22.0. The maximum absolute atomic E-state index is 13.3. The van der Waals surface area contributed by atoms with Gasteiger partial charge in [-0.15, -0.1) is 0 Å². The number of non-ortho nitro benzene ring substituents is 1. The van der Waals surface area contributed by atoms with E-state index in [4.69, 9.17) is 11.5 Å². The fraction of sp³-hybridized carbons (Fsp3) is 0.385. The van der Waals surface area contributed by atoms with E-state index in [1.54, 1.807) is 30.3 Å². The molecule has 0 bridgehead atoms. The summed E-state index contributed by atoms with van der Waals surface area (Å²) in [6.45, 7) is 1.09. The summed E-state index contributed by atoms with van der Waals surface area (Å²) < 4.78 is 0. The molecule has 0 spiro atoms. The van der Waals surface area contributed by atoms with Crippen LogP contribution in [0.4, 0.5) is 5.69 Å². The monoisotopic (exact) mass is 557 g/mol. The first-order valence-corrected chi connectivity index (χ1v) is 12.5. The van der Waals surface area contributed by atoms with E-state index in [1.165, 1.54) is 31.2 Å². The Labute approximate surface area is 231 Å². The highest BCUT2D eigenvalue weighted by Crippen LogP contribution is 2.15. The number of aliphatic hydroxyl groups is 2. The number of carbonyl (C=O) groups is 3. The molecule has 14 heteroatoms. The predicted octanol–water partition coefficient (Wildman–Crippen LogP) is -0.609. The molecule has 14 nitrogen and oxygen atoms in total. The van der Waals surface area contributed by atoms with Gasteiger partial charge >= 0.3 is 0 Å². The minimum absolute atomic E-state index is 0.00358. The van der Waals surface area contributed by atoms with Gasteiger partial charge in [0.1, 0.15) is 12.1 Å². The third kappa shape index (κ3) is 10.3. The highest BCUT2D eigenvalue weighted by molar-refractivity contribution is 5.92. The Bertz CT molecular complexity index is 1170. The summed E-state index contributed by atoms with van der Waals surface area (Å²) in [6.07, 6.45) is -1.08. The fourth-order valence-electron chi connectivity index (χ4n) is 3.75. The molecular weight excluding hydrogens is 522 g/mol. The van der Waals surface area contributed by atoms with Gasteiger partial charge in [-0.2, -0.15) is 0 Å². The van der Waals surface area contributed by atoms with Crippen LogP contribution >= 0.6 is 0 Å². The van der Waals surface area contributed by atoms with Crippen molar-refractivity contribution in [3.63, 3.8) is 0 Å². The van der Waals surface area contributed by atoms with Gasteiger partial charge in [-0.1, -0.05) is 42.5 Å². The van der Waals surface area contributed by atoms with Gasteiger partial charge < -0.3 is 37.6 Å². The molecular formula is C26H35N7O7. The molecule has 0 heterocycles. The van der Waals surface area contributed by atoms with Crippen LogP contribution in [0.25, 0.3) is 0 Å². The quantitative estimate of drug-likeness (QED) is 0.0485. The van der Waals surface area contributed by atoms with Crippen molar-refractivity contribution in [2.45, 2.75) is 50.4 Å². The van der Waals surface area contributed by atoms with E-state index >= 15 is 0 Å². The highest BCUT2D eigenvalue weighted by atomic mass is 16.6. The number of hydrogen-bond acceptors (Lipinski definition) is 8. The maximum atomic E-state index is 13.3. The van der Waals surface area contributed by atoms with Crippen molar-refractivity contribution in [3.05, 3.63) is 75.8 Å². The zero-order valence-electron chi connectivity index (χ0n) is 22.0. The fourth-order valence-corrected chi connectivity index (χ4v) is 3.75. The zero-order chi connectivity index (χ0) is 29.7. The van der Waals surface area contributed by atoms with Crippen LogP contribution in [0.2, 0.25) is 0 Å². The molecule has 0 fully saturated rings. The number of aliphatic hydroxyl groups excluding tert-OH is 2. The van der Waals surface area contributed by atoms with E-state index in [1.807, 2.05) is 0 Å². The summed E-state index contributed by atoms with van der Waals surface area (Å²) >= 11 is 0. The number of nitrogens with zero attached hydrogens (tertiary/aromatic N) is 2. The van der Waals surface area contributed by atoms with Crippen LogP contribution in [0.15, 0.2) is 59.6 Å². The van der Waals surface area contributed by atoms with Crippen molar-refractivity contribution in [1.82, 2.24) is 16.0 Å². The summed E-state index contributed by atoms with van der Waals surface area (Å²) in [4.78, 5) is 53.1. The second-order valence-corrected chi connectivity index (χ2v) is 9.04. The van der Waals surface area contributed by atoms with Gasteiger partial charge in [-0.3, -0.25) is 29.5 Å². The first kappa shape index (κ1) is 31.7. The number of hydrogen-bond donors (Lipinski definition) is 7. The van der Waals surface area contributed by atoms with Gasteiger partial charge in [-0.25, -0.2) is 0 Å². The van der Waals surface area contributed by atoms with Gasteiger partial charge in [0.15, 0.2) is 5.96 Å². The van der Waals surface area contributed by atoms with E-state index < -0.39 is 53.5 Å². The number of nitrogens with one attached hydrogen (secondary N) is 3. The van der Waals surface area contributed by atoms with Crippen LogP contribution in [0.3, 0.4) is 0 Å². The average Bonchev–Trinajstić information content (AvgIpc) is 2.92. The van der Waals surface area contributed by atoms with Crippen molar-refractivity contribution in [2.75, 3.05) is 13.2 Å². The largest absolute Gasteiger partial charge is 0.394 e. The Hall–Kier alpha value is -4.56. The third-order valence-corrected chi connectivity index (χ3v) is 5.86. The summed E-state index contributed by atoms with van der Waals surface area (Å²) in [5.74, 6) is -2.12. The maximum Gasteiger partial charge on any atom is 0.269 e. The van der Waals surface area contributed by atoms with Crippen molar-refractivity contribution in [1.29, 1.82) is 0 Å². The van der Waals surface area contributed by atoms with Gasteiger partial charge in [-0.05, 0) is 24.5 Å². The van der Waals surface area contributed by atoms with E-state index in [2.05, 4.69) is 20.9 Å². The molecule has 2 rings (SSSR count). The normalized spacial score (nSPS) is 13.7. The molecule has 9 N–H and O–H groups in total. The lowest BCUT2D eigenvalue weighted by atomic mass is 10.0. The highest BCUT2D eigenvalue weighted by Gasteiger charge is 2.31. The smallest absolute Gasteiger partial charge is 0.269 e. The second kappa shape index (κ2) is 15.8. The number of nitro benzene ring substituents is 1. The van der Waals surface area contributed by atoms with E-state index in [0.29, 0.717) is 17.5 Å². The first-order chi connectivity index (χ1) is 19.0. The molecule has 0 saturated heterocycles. The lowest BCUT2D eigenvalue weighted by Crippen LogP contribution is -2.58. The van der Waals surface area contributed by atoms with Crippen molar-refractivity contribution in [3.8, 4) is 0 Å². The average molecular weight is 558 g/mol. The number of nitrogens with two attached hydrogens (primary N) is 2. The van der Waals surface area contributed by atoms with Crippen molar-refractivity contribution >= 4 is 29.4 Å². The van der Waals surface area contributed by atoms with Gasteiger partial charge in [0.2, 0.25) is 17.7 Å². The van der Waals surface area contributed by atoms with Crippen LogP contribution in [-0.4, -0.2) is 70.2 Å². The Morgan fingerprint density at radius 3 is 2.20 bits per heavy atom. The first-order valence-electron chi connectivity index (χ1n) is 12.5. The van der Waals surface area contributed by atoms with Crippen LogP contribution in [0.5, 0.6) is 0 Å². The molecule has 0 saturated carbocycles. The van der Waals surface area contributed by atoms with Gasteiger partial charge in [0.05, 0.1) is 23.7 Å². The predicted molar refractivity (Wildman–Crippen MR) is 147 cm³/mol. The minimum atomic E-state index is -1.41. The molecule has 4 atom stereocenters. The second-order valence-electron chi connectivity index (χ2n) is 9.04. The number of carbonyl (C=O) groups excluding carboxylic acids is 3. The van der Waals surface area contributed by atoms with Gasteiger partial charge in [0.25, 0.3) is 5.69 Å². The number of aliphatic imine (C=N–C) groups is 1. The third-order valence-electron chi connectivity index (χ3n) is 5.86. The van der Waals surface area contributed by atoms with Crippen LogP contribution < -0.4 is 27.4 Å². The molecule has 40 heavy (non-hydrogen) atoms. The number of rotatable bonds is 15. The molecule has 0 aromatic heterocycles. The van der Waals surface area contributed by atoms with Crippen LogP contribution in [0.1, 0.15) is 36.9 Å². The molecule has 0 aliphatic rings. The van der Waals surface area contributed by atoms with E-state index in [-0.39, 0.29) is 31.0 Å². The van der Waals surface area contributed by atoms with Crippen LogP contribution in [-0.2, 0) is 20.8 Å². The summed E-state index contributed by atoms with van der Waals surface area (Å²) in [6, 6.07) is 10.7. The Balaban J connectivity index is 2.18. The number of guanidine groups is 1. The SMILES string of the molecule is CC(O)[C@H](NC(=O)[C@H](Cc1ccc([N+](=O)[O-])cc1)NC(=O)CCCN=C(N)N)C(=O)N[C@H](CO)c1ccccc1. The molecule has 1 unspecified atom stereocenters. The molecule has 2 aromatic rings. The Kier molecular flexibility index (Phi) is 12.5. The molecule has 0 radical (unpaired) electrons. The standard InChI is InChI=1S/C26H35N7O7/c1-16(35)23(25(38)31-21(15-34)18-6-3-2-4-7-18)32-24(37)20(30-22(36)8-5-13-29-26(27)28)14-17-9-11-19(12-10-17)33(39)40/h2-4,6-7,9-12,16,20-21,23,34-35H,5,8,13-15H2,1H3,(H,30,36)(H,31,38)(H,32,37)(H4,27,28,29)/t16?,20-,21+,23-/m0/s1. The molecule has 216 valence electrons. The van der Waals surface area contributed by atoms with E-state index in [0.717, 1.165) is 0 Å². The summed E-state index contributed by atoms with van der Waals surface area (Å²) in [5, 5.41) is 38.7. The number of nitro groups is 1. The summed E-state index contributed by atoms with van der Waals surface area (Å²) in [5.41, 5.74) is 11.5. The van der Waals surface area contributed by atoms with E-state index in [9.17, 15) is 34.7 Å². The van der Waals surface area contributed by atoms with Crippen molar-refractivity contribution in [2.24, 2.45) is 16.5 Å². The molecule has 0 aliphatic heterocycles. The molecule has 3 amide bonds. The summed E-state index contributed by atoms with van der Waals surface area (Å²) in [7, 11) is 0. The lowest BCUT2D eigenvalue weighted by molar-refractivity contribution is -0.384. The van der Waals surface area contributed by atoms with Gasteiger partial charge in [0, 0.05) is 31.5 Å². The van der Waals surface area contributed by atoms with Crippen LogP contribution in [0, 0.1) is 10.1 Å². The Morgan fingerprint density at radius 2 is 1.65 bits per heavy atom. The topological polar surface area (TPSA) is 235 Å². The minimum Gasteiger partial charge on any atom is -0.394 e. The van der Waals surface area contributed by atoms with Crippen molar-refractivity contribution < 1.29 is 29.5 Å². The number of amides is 3.